The van der Waals surface area contributed by atoms with Gasteiger partial charge < -0.3 is 14.3 Å². The number of amides is 1. The van der Waals surface area contributed by atoms with E-state index in [1.807, 2.05) is 18.2 Å². The van der Waals surface area contributed by atoms with Gasteiger partial charge >= 0.3 is 0 Å². The summed E-state index contributed by atoms with van der Waals surface area (Å²) >= 11 is 0. The molecule has 4 rings (SSSR count). The third kappa shape index (κ3) is 3.73. The molecule has 1 aromatic carbocycles. The highest BCUT2D eigenvalue weighted by atomic mass is 16.5. The van der Waals surface area contributed by atoms with Crippen molar-refractivity contribution < 1.29 is 13.7 Å². The molecule has 4 aromatic rings. The molecule has 1 N–H and O–H groups in total. The van der Waals surface area contributed by atoms with E-state index in [1.165, 1.54) is 6.26 Å². The fourth-order valence-electron chi connectivity index (χ4n) is 2.52. The predicted molar refractivity (Wildman–Crippen MR) is 93.2 cm³/mol. The van der Waals surface area contributed by atoms with Gasteiger partial charge in [0.2, 0.25) is 17.6 Å². The standard InChI is InChI=1S/C17H15N7O3/c1-24-17(20-22-23-24)11-4-2-5-12(10-11)18-14(25)7-8-15-19-16(21-27-15)13-6-3-9-26-13/h2-6,9-10H,7-8H2,1H3,(H,18,25). The summed E-state index contributed by atoms with van der Waals surface area (Å²) in [6.07, 6.45) is 2.06. The van der Waals surface area contributed by atoms with Gasteiger partial charge in [-0.15, -0.1) is 5.10 Å². The second-order valence-electron chi connectivity index (χ2n) is 5.74. The van der Waals surface area contributed by atoms with Crippen molar-refractivity contribution in [3.63, 3.8) is 0 Å². The van der Waals surface area contributed by atoms with Crippen LogP contribution in [0.3, 0.4) is 0 Å². The molecule has 0 aliphatic carbocycles. The van der Waals surface area contributed by atoms with E-state index in [1.54, 1.807) is 29.9 Å². The molecule has 27 heavy (non-hydrogen) atoms. The molecular weight excluding hydrogens is 350 g/mol. The van der Waals surface area contributed by atoms with Crippen LogP contribution in [0.4, 0.5) is 5.69 Å². The first-order valence-corrected chi connectivity index (χ1v) is 8.18. The van der Waals surface area contributed by atoms with Crippen molar-refractivity contribution in [3.05, 3.63) is 48.6 Å². The third-order valence-electron chi connectivity index (χ3n) is 3.80. The molecule has 0 saturated heterocycles. The van der Waals surface area contributed by atoms with E-state index in [4.69, 9.17) is 8.94 Å². The maximum absolute atomic E-state index is 12.2. The number of carbonyl (C=O) groups excluding carboxylic acids is 1. The third-order valence-corrected chi connectivity index (χ3v) is 3.80. The van der Waals surface area contributed by atoms with Crippen molar-refractivity contribution in [2.24, 2.45) is 7.05 Å². The van der Waals surface area contributed by atoms with Gasteiger partial charge in [0.1, 0.15) is 0 Å². The van der Waals surface area contributed by atoms with Crippen LogP contribution in [0.15, 0.2) is 51.6 Å². The quantitative estimate of drug-likeness (QED) is 0.551. The second kappa shape index (κ2) is 7.20. The van der Waals surface area contributed by atoms with E-state index < -0.39 is 0 Å². The summed E-state index contributed by atoms with van der Waals surface area (Å²) in [5, 5.41) is 18.1. The molecule has 0 bridgehead atoms. The lowest BCUT2D eigenvalue weighted by Crippen LogP contribution is -2.12. The fraction of sp³-hybridized carbons (Fsp3) is 0.176. The molecule has 10 nitrogen and oxygen atoms in total. The second-order valence-corrected chi connectivity index (χ2v) is 5.74. The Morgan fingerprint density at radius 2 is 2.19 bits per heavy atom. The number of aromatic nitrogens is 6. The van der Waals surface area contributed by atoms with Crippen LogP contribution in [0.2, 0.25) is 0 Å². The topological polar surface area (TPSA) is 125 Å². The molecule has 0 aliphatic heterocycles. The number of nitrogens with zero attached hydrogens (tertiary/aromatic N) is 6. The van der Waals surface area contributed by atoms with Crippen molar-refractivity contribution in [1.82, 2.24) is 30.3 Å². The molecule has 1 amide bonds. The lowest BCUT2D eigenvalue weighted by molar-refractivity contribution is -0.116. The van der Waals surface area contributed by atoms with Crippen molar-refractivity contribution >= 4 is 11.6 Å². The van der Waals surface area contributed by atoms with Crippen molar-refractivity contribution in [2.45, 2.75) is 12.8 Å². The highest BCUT2D eigenvalue weighted by molar-refractivity contribution is 5.91. The maximum atomic E-state index is 12.2. The van der Waals surface area contributed by atoms with E-state index in [9.17, 15) is 4.79 Å². The van der Waals surface area contributed by atoms with Crippen LogP contribution in [0, 0.1) is 0 Å². The Balaban J connectivity index is 1.37. The molecule has 3 aromatic heterocycles. The largest absolute Gasteiger partial charge is 0.461 e. The molecule has 0 saturated carbocycles. The highest BCUT2D eigenvalue weighted by Crippen LogP contribution is 2.20. The molecular formula is C17H15N7O3. The van der Waals surface area contributed by atoms with Crippen molar-refractivity contribution in [3.8, 4) is 23.0 Å². The number of carbonyl (C=O) groups is 1. The van der Waals surface area contributed by atoms with Crippen molar-refractivity contribution in [2.75, 3.05) is 5.32 Å². The molecule has 0 atom stereocenters. The van der Waals surface area contributed by atoms with Gasteiger partial charge in [-0.2, -0.15) is 4.98 Å². The number of rotatable bonds is 6. The average Bonchev–Trinajstić information content (AvgIpc) is 3.41. The SMILES string of the molecule is Cn1nnnc1-c1cccc(NC(=O)CCc2nc(-c3ccco3)no2)c1. The monoisotopic (exact) mass is 365 g/mol. The lowest BCUT2D eigenvalue weighted by Gasteiger charge is -2.06. The molecule has 3 heterocycles. The van der Waals surface area contributed by atoms with Gasteiger partial charge in [0.25, 0.3) is 0 Å². The number of benzene rings is 1. The van der Waals surface area contributed by atoms with Gasteiger partial charge in [-0.25, -0.2) is 4.68 Å². The van der Waals surface area contributed by atoms with E-state index in [0.717, 1.165) is 5.56 Å². The average molecular weight is 365 g/mol. The smallest absolute Gasteiger partial charge is 0.238 e. The van der Waals surface area contributed by atoms with Crippen molar-refractivity contribution in [1.29, 1.82) is 0 Å². The number of tetrazole rings is 1. The Hall–Kier alpha value is -3.82. The van der Waals surface area contributed by atoms with Crippen LogP contribution in [0.1, 0.15) is 12.3 Å². The zero-order chi connectivity index (χ0) is 18.6. The Labute approximate surface area is 153 Å². The number of anilines is 1. The summed E-state index contributed by atoms with van der Waals surface area (Å²) in [6, 6.07) is 10.8. The van der Waals surface area contributed by atoms with Gasteiger partial charge in [0.05, 0.1) is 6.26 Å². The zero-order valence-corrected chi connectivity index (χ0v) is 14.4. The van der Waals surface area contributed by atoms with Crippen LogP contribution in [0.5, 0.6) is 0 Å². The number of furan rings is 1. The Morgan fingerprint density at radius 3 is 2.96 bits per heavy atom. The zero-order valence-electron chi connectivity index (χ0n) is 14.4. The summed E-state index contributed by atoms with van der Waals surface area (Å²) in [4.78, 5) is 16.4. The minimum atomic E-state index is -0.166. The number of hydrogen-bond acceptors (Lipinski definition) is 8. The van der Waals surface area contributed by atoms with Gasteiger partial charge in [-0.1, -0.05) is 17.3 Å². The van der Waals surface area contributed by atoms with Crippen LogP contribution in [0.25, 0.3) is 23.0 Å². The van der Waals surface area contributed by atoms with Crippen LogP contribution < -0.4 is 5.32 Å². The summed E-state index contributed by atoms with van der Waals surface area (Å²) in [7, 11) is 1.75. The Morgan fingerprint density at radius 1 is 1.26 bits per heavy atom. The van der Waals surface area contributed by atoms with Gasteiger partial charge in [-0.3, -0.25) is 4.79 Å². The molecule has 10 heteroatoms. The minimum Gasteiger partial charge on any atom is -0.461 e. The number of hydrogen-bond donors (Lipinski definition) is 1. The summed E-state index contributed by atoms with van der Waals surface area (Å²) < 4.78 is 11.9. The maximum Gasteiger partial charge on any atom is 0.238 e. The normalized spacial score (nSPS) is 10.9. The molecule has 0 radical (unpaired) electrons. The molecule has 0 spiro atoms. The molecule has 0 unspecified atom stereocenters. The summed E-state index contributed by atoms with van der Waals surface area (Å²) in [6.45, 7) is 0. The molecule has 136 valence electrons. The minimum absolute atomic E-state index is 0.166. The number of aryl methyl sites for hydroxylation is 2. The van der Waals surface area contributed by atoms with E-state index >= 15 is 0 Å². The first kappa shape index (κ1) is 16.6. The van der Waals surface area contributed by atoms with E-state index in [2.05, 4.69) is 31.0 Å². The highest BCUT2D eigenvalue weighted by Gasteiger charge is 2.13. The van der Waals surface area contributed by atoms with Gasteiger partial charge in [0, 0.05) is 31.1 Å². The first-order valence-electron chi connectivity index (χ1n) is 8.18. The van der Waals surface area contributed by atoms with Crippen LogP contribution in [-0.4, -0.2) is 36.3 Å². The predicted octanol–water partition coefficient (Wildman–Crippen LogP) is 2.09. The Kier molecular flexibility index (Phi) is 4.44. The molecule has 0 aliphatic rings. The summed E-state index contributed by atoms with van der Waals surface area (Å²) in [5.74, 6) is 1.70. The van der Waals surface area contributed by atoms with Gasteiger partial charge in [0.15, 0.2) is 11.6 Å². The fourth-order valence-corrected chi connectivity index (χ4v) is 2.52. The lowest BCUT2D eigenvalue weighted by atomic mass is 10.2. The summed E-state index contributed by atoms with van der Waals surface area (Å²) in [5.41, 5.74) is 1.46. The first-order chi connectivity index (χ1) is 13.2. The molecule has 0 fully saturated rings. The van der Waals surface area contributed by atoms with E-state index in [0.29, 0.717) is 35.4 Å². The van der Waals surface area contributed by atoms with Crippen LogP contribution >= 0.6 is 0 Å². The van der Waals surface area contributed by atoms with Gasteiger partial charge in [-0.05, 0) is 34.7 Å². The number of nitrogens with one attached hydrogen (secondary N) is 1. The van der Waals surface area contributed by atoms with Crippen LogP contribution in [-0.2, 0) is 18.3 Å². The Bertz CT molecular complexity index is 1050. The van der Waals surface area contributed by atoms with E-state index in [-0.39, 0.29) is 12.3 Å².